The second-order valence-electron chi connectivity index (χ2n) is 3.85. The van der Waals surface area contributed by atoms with Gasteiger partial charge in [0.2, 0.25) is 0 Å². The van der Waals surface area contributed by atoms with Crippen LogP contribution in [-0.4, -0.2) is 9.96 Å². The van der Waals surface area contributed by atoms with Crippen LogP contribution in [0.3, 0.4) is 0 Å². The summed E-state index contributed by atoms with van der Waals surface area (Å²) >= 11 is 1.71. The molecule has 17 heavy (non-hydrogen) atoms. The number of benzene rings is 1. The number of hydrogen-bond donors (Lipinski definition) is 1. The summed E-state index contributed by atoms with van der Waals surface area (Å²) < 4.78 is 12.2. The van der Waals surface area contributed by atoms with Crippen molar-refractivity contribution in [2.75, 3.05) is 11.5 Å². The Balaban J connectivity index is 2.07. The van der Waals surface area contributed by atoms with E-state index >= 15 is 0 Å². The maximum atomic E-state index is 12.2. The Hall–Kier alpha value is -1.13. The first-order valence-corrected chi connectivity index (χ1v) is 7.64. The van der Waals surface area contributed by atoms with Crippen LogP contribution in [0.25, 0.3) is 0 Å². The van der Waals surface area contributed by atoms with Crippen LogP contribution in [0.2, 0.25) is 0 Å². The Bertz CT molecular complexity index is 520. The van der Waals surface area contributed by atoms with Crippen molar-refractivity contribution in [2.24, 2.45) is 0 Å². The van der Waals surface area contributed by atoms with Gasteiger partial charge in [0, 0.05) is 21.2 Å². The number of hydrogen-bond acceptors (Lipinski definition) is 3. The Kier molecular flexibility index (Phi) is 3.97. The van der Waals surface area contributed by atoms with Gasteiger partial charge in [0.05, 0.1) is 10.8 Å². The minimum absolute atomic E-state index is 0.658. The minimum atomic E-state index is -0.963. The average molecular weight is 265 g/mol. The molecule has 1 aromatic heterocycles. The lowest BCUT2D eigenvalue weighted by Gasteiger charge is -2.07. The highest BCUT2D eigenvalue weighted by atomic mass is 32.2. The third-order valence-corrected chi connectivity index (χ3v) is 5.13. The molecule has 0 aliphatic heterocycles. The van der Waals surface area contributed by atoms with Crippen molar-refractivity contribution in [1.29, 1.82) is 0 Å². The van der Waals surface area contributed by atoms with Crippen molar-refractivity contribution < 1.29 is 4.21 Å². The Labute approximate surface area is 108 Å². The topological polar surface area (TPSA) is 43.1 Å². The predicted molar refractivity (Wildman–Crippen MR) is 74.9 cm³/mol. The van der Waals surface area contributed by atoms with E-state index in [1.807, 2.05) is 36.6 Å². The number of aryl methyl sites for hydroxylation is 1. The quantitative estimate of drug-likeness (QED) is 0.864. The van der Waals surface area contributed by atoms with Crippen molar-refractivity contribution in [3.05, 3.63) is 46.2 Å². The zero-order valence-corrected chi connectivity index (χ0v) is 11.3. The fourth-order valence-electron chi connectivity index (χ4n) is 1.64. The van der Waals surface area contributed by atoms with Gasteiger partial charge in [-0.05, 0) is 42.5 Å². The van der Waals surface area contributed by atoms with Crippen molar-refractivity contribution in [1.82, 2.24) is 0 Å². The smallest absolute Gasteiger partial charge is 0.0536 e. The molecule has 2 nitrogen and oxygen atoms in total. The molecule has 1 atom stereocenters. The van der Waals surface area contributed by atoms with Crippen LogP contribution in [0.1, 0.15) is 10.4 Å². The summed E-state index contributed by atoms with van der Waals surface area (Å²) in [5.74, 6) is 0.658. The van der Waals surface area contributed by atoms with Gasteiger partial charge in [-0.25, -0.2) is 0 Å². The molecule has 0 spiro atoms. The van der Waals surface area contributed by atoms with Gasteiger partial charge in [0.25, 0.3) is 0 Å². The van der Waals surface area contributed by atoms with Crippen LogP contribution < -0.4 is 5.73 Å². The Morgan fingerprint density at radius 2 is 2.12 bits per heavy atom. The highest BCUT2D eigenvalue weighted by molar-refractivity contribution is 7.85. The summed E-state index contributed by atoms with van der Waals surface area (Å²) in [6.07, 6.45) is 0.860. The normalized spacial score (nSPS) is 12.5. The number of rotatable bonds is 4. The Morgan fingerprint density at radius 1 is 1.29 bits per heavy atom. The molecule has 2 N–H and O–H groups in total. The molecule has 0 aliphatic carbocycles. The van der Waals surface area contributed by atoms with E-state index in [2.05, 4.69) is 6.07 Å². The first-order chi connectivity index (χ1) is 8.18. The fourth-order valence-corrected chi connectivity index (χ4v) is 3.79. The lowest BCUT2D eigenvalue weighted by atomic mass is 10.2. The summed E-state index contributed by atoms with van der Waals surface area (Å²) in [5, 5.41) is 2.05. The first-order valence-electron chi connectivity index (χ1n) is 5.44. The molecule has 2 rings (SSSR count). The second kappa shape index (κ2) is 5.47. The SMILES string of the molecule is Cc1c(N)cccc1S(=O)CCc1cccs1. The summed E-state index contributed by atoms with van der Waals surface area (Å²) in [5.41, 5.74) is 7.47. The van der Waals surface area contributed by atoms with Crippen LogP contribution in [-0.2, 0) is 17.2 Å². The van der Waals surface area contributed by atoms with Gasteiger partial charge in [0.1, 0.15) is 0 Å². The number of anilines is 1. The zero-order chi connectivity index (χ0) is 12.3. The van der Waals surface area contributed by atoms with E-state index in [1.165, 1.54) is 4.88 Å². The van der Waals surface area contributed by atoms with Gasteiger partial charge in [-0.1, -0.05) is 12.1 Å². The monoisotopic (exact) mass is 265 g/mol. The molecule has 1 heterocycles. The van der Waals surface area contributed by atoms with E-state index < -0.39 is 10.8 Å². The maximum absolute atomic E-state index is 12.2. The summed E-state index contributed by atoms with van der Waals surface area (Å²) in [6, 6.07) is 9.70. The third-order valence-electron chi connectivity index (χ3n) is 2.69. The van der Waals surface area contributed by atoms with Gasteiger partial charge < -0.3 is 5.73 Å². The second-order valence-corrected chi connectivity index (χ2v) is 6.42. The molecule has 1 unspecified atom stereocenters. The van der Waals surface area contributed by atoms with E-state index in [0.29, 0.717) is 11.4 Å². The molecule has 0 fully saturated rings. The molecule has 0 saturated carbocycles. The van der Waals surface area contributed by atoms with E-state index in [1.54, 1.807) is 11.3 Å². The van der Waals surface area contributed by atoms with E-state index in [-0.39, 0.29) is 0 Å². The number of thiophene rings is 1. The van der Waals surface area contributed by atoms with Crippen LogP contribution in [0.4, 0.5) is 5.69 Å². The standard InChI is InChI=1S/C13H15NOS2/c1-10-12(14)5-2-6-13(10)17(15)9-7-11-4-3-8-16-11/h2-6,8H,7,9,14H2,1H3. The van der Waals surface area contributed by atoms with Crippen molar-refractivity contribution >= 4 is 27.8 Å². The molecule has 4 heteroatoms. The lowest BCUT2D eigenvalue weighted by molar-refractivity contribution is 0.682. The lowest BCUT2D eigenvalue weighted by Crippen LogP contribution is -2.04. The highest BCUT2D eigenvalue weighted by Crippen LogP contribution is 2.20. The van der Waals surface area contributed by atoms with Gasteiger partial charge in [-0.3, -0.25) is 4.21 Å². The van der Waals surface area contributed by atoms with Gasteiger partial charge in [-0.15, -0.1) is 11.3 Å². The summed E-state index contributed by atoms with van der Waals surface area (Å²) in [6.45, 7) is 1.92. The molecule has 0 radical (unpaired) electrons. The highest BCUT2D eigenvalue weighted by Gasteiger charge is 2.09. The molecule has 0 saturated heterocycles. The minimum Gasteiger partial charge on any atom is -0.398 e. The number of nitrogens with two attached hydrogens (primary N) is 1. The predicted octanol–water partition coefficient (Wildman–Crippen LogP) is 2.99. The van der Waals surface area contributed by atoms with Crippen molar-refractivity contribution in [2.45, 2.75) is 18.2 Å². The molecule has 0 amide bonds. The van der Waals surface area contributed by atoms with Crippen LogP contribution in [0, 0.1) is 6.92 Å². The third kappa shape index (κ3) is 2.96. The number of nitrogen functional groups attached to an aromatic ring is 1. The van der Waals surface area contributed by atoms with E-state index in [4.69, 9.17) is 5.73 Å². The largest absolute Gasteiger partial charge is 0.398 e. The zero-order valence-electron chi connectivity index (χ0n) is 9.68. The van der Waals surface area contributed by atoms with Crippen molar-refractivity contribution in [3.8, 4) is 0 Å². The summed E-state index contributed by atoms with van der Waals surface area (Å²) in [7, 11) is -0.963. The first kappa shape index (κ1) is 12.3. The molecular formula is C13H15NOS2. The van der Waals surface area contributed by atoms with Gasteiger partial charge in [0.15, 0.2) is 0 Å². The maximum Gasteiger partial charge on any atom is 0.0536 e. The van der Waals surface area contributed by atoms with Crippen molar-refractivity contribution in [3.63, 3.8) is 0 Å². The van der Waals surface area contributed by atoms with Crippen LogP contribution >= 0.6 is 11.3 Å². The molecule has 90 valence electrons. The molecular weight excluding hydrogens is 250 g/mol. The molecule has 0 aliphatic rings. The molecule has 0 bridgehead atoms. The Morgan fingerprint density at radius 3 is 2.82 bits per heavy atom. The van der Waals surface area contributed by atoms with Crippen LogP contribution in [0.15, 0.2) is 40.6 Å². The summed E-state index contributed by atoms with van der Waals surface area (Å²) in [4.78, 5) is 2.14. The molecule has 2 aromatic rings. The van der Waals surface area contributed by atoms with E-state index in [9.17, 15) is 4.21 Å². The fraction of sp³-hybridized carbons (Fsp3) is 0.231. The van der Waals surface area contributed by atoms with Gasteiger partial charge >= 0.3 is 0 Å². The van der Waals surface area contributed by atoms with Gasteiger partial charge in [-0.2, -0.15) is 0 Å². The molecule has 1 aromatic carbocycles. The van der Waals surface area contributed by atoms with Crippen LogP contribution in [0.5, 0.6) is 0 Å². The van der Waals surface area contributed by atoms with E-state index in [0.717, 1.165) is 16.9 Å². The average Bonchev–Trinajstić information content (AvgIpc) is 2.82.